The highest BCUT2D eigenvalue weighted by atomic mass is 32.1. The fourth-order valence-electron chi connectivity index (χ4n) is 0.926. The van der Waals surface area contributed by atoms with Crippen molar-refractivity contribution < 1.29 is 24.6 Å². The van der Waals surface area contributed by atoms with Gasteiger partial charge < -0.3 is 15.5 Å². The number of carboxylic acids is 2. The zero-order chi connectivity index (χ0) is 12.7. The Hall–Kier alpha value is -0.890. The average molecular weight is 267 g/mol. The normalized spacial score (nSPS) is 13.9. The second-order valence-electron chi connectivity index (χ2n) is 3.06. The summed E-state index contributed by atoms with van der Waals surface area (Å²) in [7, 11) is 0. The van der Waals surface area contributed by atoms with E-state index in [2.05, 4.69) is 30.6 Å². The first-order chi connectivity index (χ1) is 7.42. The van der Waals surface area contributed by atoms with Gasteiger partial charge in [0.05, 0.1) is 12.3 Å². The number of nitrogens with one attached hydrogen (secondary N) is 1. The third kappa shape index (κ3) is 5.26. The molecule has 0 aliphatic rings. The molecule has 3 N–H and O–H groups in total. The summed E-state index contributed by atoms with van der Waals surface area (Å²) in [6.45, 7) is 0. The lowest BCUT2D eigenvalue weighted by molar-refractivity contribution is -0.143. The van der Waals surface area contributed by atoms with E-state index in [-0.39, 0.29) is 17.9 Å². The molecule has 0 aliphatic heterocycles. The molecule has 0 radical (unpaired) electrons. The summed E-state index contributed by atoms with van der Waals surface area (Å²) >= 11 is 7.61. The largest absolute Gasteiger partial charge is 0.481 e. The molecule has 0 fully saturated rings. The van der Waals surface area contributed by atoms with Crippen molar-refractivity contribution in [3.8, 4) is 0 Å². The first kappa shape index (κ1) is 15.1. The van der Waals surface area contributed by atoms with Crippen LogP contribution in [0.1, 0.15) is 6.42 Å². The first-order valence-corrected chi connectivity index (χ1v) is 5.65. The lowest BCUT2D eigenvalue weighted by atomic mass is 10.1. The molecule has 1 amide bonds. The predicted molar refractivity (Wildman–Crippen MR) is 63.0 cm³/mol. The number of thiol groups is 2. The van der Waals surface area contributed by atoms with Crippen molar-refractivity contribution in [2.75, 3.05) is 11.5 Å². The molecule has 6 nitrogen and oxygen atoms in total. The maximum Gasteiger partial charge on any atom is 0.327 e. The smallest absolute Gasteiger partial charge is 0.327 e. The topological polar surface area (TPSA) is 104 Å². The zero-order valence-electron chi connectivity index (χ0n) is 8.29. The Morgan fingerprint density at radius 3 is 2.00 bits per heavy atom. The molecular weight excluding hydrogens is 254 g/mol. The molecule has 2 unspecified atom stereocenters. The molecular formula is C8H13NO5S2. The molecule has 0 saturated carbocycles. The van der Waals surface area contributed by atoms with Crippen LogP contribution in [0.4, 0.5) is 0 Å². The van der Waals surface area contributed by atoms with E-state index in [0.717, 1.165) is 0 Å². The summed E-state index contributed by atoms with van der Waals surface area (Å²) in [5.41, 5.74) is 0. The van der Waals surface area contributed by atoms with E-state index in [4.69, 9.17) is 10.2 Å². The fraction of sp³-hybridized carbons (Fsp3) is 0.625. The van der Waals surface area contributed by atoms with Gasteiger partial charge in [0.15, 0.2) is 0 Å². The molecule has 2 atom stereocenters. The third-order valence-corrected chi connectivity index (χ3v) is 2.62. The van der Waals surface area contributed by atoms with Gasteiger partial charge in [-0.2, -0.15) is 25.3 Å². The molecule has 0 aliphatic carbocycles. The third-order valence-electron chi connectivity index (χ3n) is 1.81. The monoisotopic (exact) mass is 267 g/mol. The minimum atomic E-state index is -1.21. The van der Waals surface area contributed by atoms with Crippen LogP contribution in [-0.4, -0.2) is 45.6 Å². The number of hydrogen-bond donors (Lipinski definition) is 5. The second kappa shape index (κ2) is 7.39. The van der Waals surface area contributed by atoms with E-state index in [1.54, 1.807) is 0 Å². The number of carbonyl (C=O) groups is 3. The van der Waals surface area contributed by atoms with E-state index in [1.165, 1.54) is 0 Å². The van der Waals surface area contributed by atoms with Gasteiger partial charge in [-0.1, -0.05) is 0 Å². The molecule has 0 spiro atoms. The molecule has 0 bridgehead atoms. The van der Waals surface area contributed by atoms with Crippen LogP contribution >= 0.6 is 25.3 Å². The Bertz CT molecular complexity index is 284. The van der Waals surface area contributed by atoms with Gasteiger partial charge >= 0.3 is 11.9 Å². The minimum absolute atomic E-state index is 0.0387. The van der Waals surface area contributed by atoms with E-state index < -0.39 is 29.8 Å². The number of amides is 1. The van der Waals surface area contributed by atoms with Crippen molar-refractivity contribution >= 4 is 43.1 Å². The molecule has 92 valence electrons. The van der Waals surface area contributed by atoms with Crippen molar-refractivity contribution in [1.82, 2.24) is 5.32 Å². The maximum atomic E-state index is 11.5. The number of carbonyl (C=O) groups excluding carboxylic acids is 1. The Morgan fingerprint density at radius 1 is 1.12 bits per heavy atom. The van der Waals surface area contributed by atoms with Crippen LogP contribution in [0.5, 0.6) is 0 Å². The van der Waals surface area contributed by atoms with Crippen LogP contribution in [-0.2, 0) is 14.4 Å². The highest BCUT2D eigenvalue weighted by molar-refractivity contribution is 7.80. The van der Waals surface area contributed by atoms with Crippen molar-refractivity contribution in [2.24, 2.45) is 5.92 Å². The number of hydrogen-bond acceptors (Lipinski definition) is 5. The minimum Gasteiger partial charge on any atom is -0.481 e. The maximum absolute atomic E-state index is 11.5. The number of aliphatic carboxylic acids is 2. The van der Waals surface area contributed by atoms with Gasteiger partial charge in [-0.15, -0.1) is 0 Å². The van der Waals surface area contributed by atoms with Gasteiger partial charge in [-0.3, -0.25) is 9.59 Å². The summed E-state index contributed by atoms with van der Waals surface area (Å²) in [5, 5.41) is 19.4. The molecule has 0 saturated heterocycles. The van der Waals surface area contributed by atoms with E-state index in [9.17, 15) is 14.4 Å². The van der Waals surface area contributed by atoms with Crippen LogP contribution in [0.25, 0.3) is 0 Å². The van der Waals surface area contributed by atoms with E-state index in [1.807, 2.05) is 0 Å². The fourth-order valence-corrected chi connectivity index (χ4v) is 1.47. The average Bonchev–Trinajstić information content (AvgIpc) is 2.21. The van der Waals surface area contributed by atoms with Crippen molar-refractivity contribution in [1.29, 1.82) is 0 Å². The number of rotatable bonds is 7. The Balaban J connectivity index is 4.40. The van der Waals surface area contributed by atoms with Crippen LogP contribution in [0.2, 0.25) is 0 Å². The van der Waals surface area contributed by atoms with E-state index in [0.29, 0.717) is 0 Å². The van der Waals surface area contributed by atoms with Gasteiger partial charge in [0.25, 0.3) is 0 Å². The van der Waals surface area contributed by atoms with E-state index >= 15 is 0 Å². The summed E-state index contributed by atoms with van der Waals surface area (Å²) in [5.74, 6) is -3.85. The molecule has 0 rings (SSSR count). The van der Waals surface area contributed by atoms with Gasteiger partial charge in [0.1, 0.15) is 6.04 Å². The zero-order valence-corrected chi connectivity index (χ0v) is 10.1. The first-order valence-electron chi connectivity index (χ1n) is 4.39. The molecule has 0 heterocycles. The second-order valence-corrected chi connectivity index (χ2v) is 3.79. The van der Waals surface area contributed by atoms with Crippen LogP contribution in [0.15, 0.2) is 0 Å². The molecule has 0 aromatic rings. The summed E-state index contributed by atoms with van der Waals surface area (Å²) < 4.78 is 0. The highest BCUT2D eigenvalue weighted by Crippen LogP contribution is 2.06. The molecule has 0 aromatic heterocycles. The van der Waals surface area contributed by atoms with Crippen molar-refractivity contribution in [3.63, 3.8) is 0 Å². The SMILES string of the molecule is O=C(O)CC(CS)C(=O)NC(CS)C(=O)O. The molecule has 8 heteroatoms. The number of carboxylic acid groups (broad SMARTS) is 2. The van der Waals surface area contributed by atoms with Gasteiger partial charge in [0.2, 0.25) is 5.91 Å². The van der Waals surface area contributed by atoms with Gasteiger partial charge in [-0.05, 0) is 0 Å². The summed E-state index contributed by atoms with van der Waals surface area (Å²) in [6.07, 6.45) is -0.381. The van der Waals surface area contributed by atoms with Crippen LogP contribution in [0.3, 0.4) is 0 Å². The Kier molecular flexibility index (Phi) is 6.98. The van der Waals surface area contributed by atoms with Crippen molar-refractivity contribution in [3.05, 3.63) is 0 Å². The summed E-state index contributed by atoms with van der Waals surface area (Å²) in [6, 6.07) is -1.12. The molecule has 16 heavy (non-hydrogen) atoms. The van der Waals surface area contributed by atoms with Crippen LogP contribution in [0, 0.1) is 5.92 Å². The van der Waals surface area contributed by atoms with Gasteiger partial charge in [-0.25, -0.2) is 4.79 Å². The standard InChI is InChI=1S/C8H13NO5S2/c10-6(11)1-4(2-15)7(12)9-5(3-16)8(13)14/h4-5,15-16H,1-3H2,(H,9,12)(H,10,11)(H,13,14). The summed E-state index contributed by atoms with van der Waals surface area (Å²) in [4.78, 5) is 32.5. The predicted octanol–water partition coefficient (Wildman–Crippen LogP) is -0.494. The van der Waals surface area contributed by atoms with Gasteiger partial charge in [0, 0.05) is 11.5 Å². The Labute approximate surface area is 103 Å². The quantitative estimate of drug-likeness (QED) is 0.400. The lowest BCUT2D eigenvalue weighted by Gasteiger charge is -2.16. The highest BCUT2D eigenvalue weighted by Gasteiger charge is 2.25. The van der Waals surface area contributed by atoms with Crippen LogP contribution < -0.4 is 5.32 Å². The van der Waals surface area contributed by atoms with Crippen molar-refractivity contribution in [2.45, 2.75) is 12.5 Å². The Morgan fingerprint density at radius 2 is 1.69 bits per heavy atom. The molecule has 0 aromatic carbocycles. The lowest BCUT2D eigenvalue weighted by Crippen LogP contribution is -2.45.